The van der Waals surface area contributed by atoms with Crippen LogP contribution in [0.4, 0.5) is 0 Å². The topological polar surface area (TPSA) is 104 Å². The largest absolute Gasteiger partial charge is 0.387 e. The molecule has 0 saturated heterocycles. The predicted octanol–water partition coefficient (Wildman–Crippen LogP) is 1.22. The minimum Gasteiger partial charge on any atom is -0.387 e. The highest BCUT2D eigenvalue weighted by atomic mass is 16.3. The molecule has 1 aliphatic heterocycles. The number of nitrogens with zero attached hydrogens (tertiary/aromatic N) is 4. The van der Waals surface area contributed by atoms with Crippen molar-refractivity contribution in [2.75, 3.05) is 6.54 Å². The van der Waals surface area contributed by atoms with Crippen LogP contribution in [0.1, 0.15) is 41.3 Å². The number of nitrogens with one attached hydrogen (secondary N) is 1. The smallest absolute Gasteiger partial charge is 0.280 e. The van der Waals surface area contributed by atoms with Crippen molar-refractivity contribution < 1.29 is 9.90 Å². The van der Waals surface area contributed by atoms with Crippen LogP contribution >= 0.6 is 0 Å². The number of fused-ring (bicyclic) bond motifs is 2. The second kappa shape index (κ2) is 6.38. The van der Waals surface area contributed by atoms with Crippen LogP contribution in [0.15, 0.2) is 35.1 Å². The third-order valence-corrected chi connectivity index (χ3v) is 4.55. The molecule has 1 atom stereocenters. The molecular weight excluding hydrogens is 334 g/mol. The van der Waals surface area contributed by atoms with Gasteiger partial charge in [-0.15, -0.1) is 0 Å². The van der Waals surface area contributed by atoms with Gasteiger partial charge in [-0.3, -0.25) is 14.3 Å². The molecule has 3 heterocycles. The van der Waals surface area contributed by atoms with Gasteiger partial charge in [0.05, 0.1) is 35.1 Å². The summed E-state index contributed by atoms with van der Waals surface area (Å²) in [6, 6.07) is 8.92. The standard InChI is InChI=1S/C18H19N5O3/c1-11(24)15-9-12-10-22(7-4-8-23(12)21-15)18(26)16-17(25)20-14-6-3-2-5-13(14)19-16/h2-3,5-6,9,11,24H,4,7-8,10H2,1H3,(H,20,25)/t11-/m1/s1. The molecule has 0 spiro atoms. The van der Waals surface area contributed by atoms with Gasteiger partial charge in [-0.25, -0.2) is 4.98 Å². The number of rotatable bonds is 2. The molecular formula is C18H19N5O3. The minimum absolute atomic E-state index is 0.104. The molecule has 2 N–H and O–H groups in total. The fourth-order valence-electron chi connectivity index (χ4n) is 3.19. The Bertz CT molecular complexity index is 1040. The zero-order valence-electron chi connectivity index (χ0n) is 14.3. The molecule has 1 aliphatic rings. The van der Waals surface area contributed by atoms with E-state index in [1.807, 2.05) is 10.7 Å². The van der Waals surface area contributed by atoms with E-state index in [4.69, 9.17) is 0 Å². The van der Waals surface area contributed by atoms with E-state index in [0.717, 1.165) is 5.69 Å². The third kappa shape index (κ3) is 2.88. The zero-order chi connectivity index (χ0) is 18.3. The van der Waals surface area contributed by atoms with E-state index in [0.29, 0.717) is 42.8 Å². The molecule has 0 bridgehead atoms. The summed E-state index contributed by atoms with van der Waals surface area (Å²) in [5, 5.41) is 14.1. The van der Waals surface area contributed by atoms with Gasteiger partial charge in [0.1, 0.15) is 0 Å². The number of aliphatic hydroxyl groups is 1. The number of aromatic nitrogens is 4. The van der Waals surface area contributed by atoms with E-state index in [2.05, 4.69) is 15.1 Å². The maximum atomic E-state index is 12.9. The van der Waals surface area contributed by atoms with Gasteiger partial charge in [0.15, 0.2) is 5.69 Å². The number of hydrogen-bond donors (Lipinski definition) is 2. The third-order valence-electron chi connectivity index (χ3n) is 4.55. The van der Waals surface area contributed by atoms with Crippen molar-refractivity contribution >= 4 is 16.9 Å². The highest BCUT2D eigenvalue weighted by molar-refractivity contribution is 5.93. The number of carbonyl (C=O) groups excluding carboxylic acids is 1. The van der Waals surface area contributed by atoms with Gasteiger partial charge in [-0.2, -0.15) is 5.10 Å². The summed E-state index contributed by atoms with van der Waals surface area (Å²) in [4.78, 5) is 33.9. The summed E-state index contributed by atoms with van der Waals surface area (Å²) in [7, 11) is 0. The van der Waals surface area contributed by atoms with Gasteiger partial charge >= 0.3 is 0 Å². The fourth-order valence-corrected chi connectivity index (χ4v) is 3.19. The maximum Gasteiger partial charge on any atom is 0.280 e. The normalized spacial score (nSPS) is 15.5. The van der Waals surface area contributed by atoms with E-state index in [9.17, 15) is 14.7 Å². The summed E-state index contributed by atoms with van der Waals surface area (Å²) in [5.74, 6) is -0.398. The number of para-hydroxylation sites is 2. The van der Waals surface area contributed by atoms with E-state index >= 15 is 0 Å². The van der Waals surface area contributed by atoms with E-state index < -0.39 is 17.6 Å². The zero-order valence-corrected chi connectivity index (χ0v) is 14.3. The Morgan fingerprint density at radius 3 is 2.92 bits per heavy atom. The van der Waals surface area contributed by atoms with Gasteiger partial charge in [0, 0.05) is 13.1 Å². The lowest BCUT2D eigenvalue weighted by molar-refractivity contribution is 0.0738. The highest BCUT2D eigenvalue weighted by Crippen LogP contribution is 2.19. The van der Waals surface area contributed by atoms with Crippen molar-refractivity contribution in [1.29, 1.82) is 0 Å². The molecule has 8 heteroatoms. The summed E-state index contributed by atoms with van der Waals surface area (Å²) >= 11 is 0. The molecule has 0 fully saturated rings. The van der Waals surface area contributed by atoms with Gasteiger partial charge in [0.25, 0.3) is 11.5 Å². The van der Waals surface area contributed by atoms with Crippen molar-refractivity contribution in [2.24, 2.45) is 0 Å². The molecule has 1 aromatic carbocycles. The summed E-state index contributed by atoms with van der Waals surface area (Å²) in [6.45, 7) is 3.16. The molecule has 4 rings (SSSR count). The molecule has 2 aromatic heterocycles. The van der Waals surface area contributed by atoms with Crippen LogP contribution in [-0.2, 0) is 13.1 Å². The minimum atomic E-state index is -0.663. The predicted molar refractivity (Wildman–Crippen MR) is 94.6 cm³/mol. The van der Waals surface area contributed by atoms with E-state index in [1.165, 1.54) is 0 Å². The van der Waals surface area contributed by atoms with Gasteiger partial charge < -0.3 is 15.0 Å². The van der Waals surface area contributed by atoms with Crippen LogP contribution in [0.5, 0.6) is 0 Å². The Kier molecular flexibility index (Phi) is 4.04. The second-order valence-electron chi connectivity index (χ2n) is 6.47. The van der Waals surface area contributed by atoms with Crippen LogP contribution in [0, 0.1) is 0 Å². The first kappa shape index (κ1) is 16.5. The van der Waals surface area contributed by atoms with Crippen LogP contribution in [0.2, 0.25) is 0 Å². The monoisotopic (exact) mass is 353 g/mol. The molecule has 134 valence electrons. The molecule has 26 heavy (non-hydrogen) atoms. The number of aliphatic hydroxyl groups excluding tert-OH is 1. The Morgan fingerprint density at radius 2 is 2.12 bits per heavy atom. The first-order valence-corrected chi connectivity index (χ1v) is 8.56. The van der Waals surface area contributed by atoms with Crippen molar-refractivity contribution in [2.45, 2.75) is 32.5 Å². The summed E-state index contributed by atoms with van der Waals surface area (Å²) < 4.78 is 1.81. The van der Waals surface area contributed by atoms with Crippen LogP contribution in [0.25, 0.3) is 11.0 Å². The molecule has 3 aromatic rings. The van der Waals surface area contributed by atoms with Gasteiger partial charge in [-0.05, 0) is 31.5 Å². The van der Waals surface area contributed by atoms with Crippen LogP contribution in [-0.4, -0.2) is 42.2 Å². The Labute approximate surface area is 149 Å². The van der Waals surface area contributed by atoms with Crippen LogP contribution < -0.4 is 5.56 Å². The lowest BCUT2D eigenvalue weighted by Gasteiger charge is -2.19. The van der Waals surface area contributed by atoms with E-state index in [1.54, 1.807) is 36.1 Å². The van der Waals surface area contributed by atoms with Gasteiger partial charge in [-0.1, -0.05) is 12.1 Å². The molecule has 0 radical (unpaired) electrons. The number of amides is 1. The quantitative estimate of drug-likeness (QED) is 0.721. The Morgan fingerprint density at radius 1 is 1.31 bits per heavy atom. The van der Waals surface area contributed by atoms with Gasteiger partial charge in [0.2, 0.25) is 0 Å². The lowest BCUT2D eigenvalue weighted by Crippen LogP contribution is -2.35. The molecule has 8 nitrogen and oxygen atoms in total. The summed E-state index contributed by atoms with van der Waals surface area (Å²) in [6.07, 6.45) is 0.0501. The number of H-pyrrole nitrogens is 1. The van der Waals surface area contributed by atoms with Crippen molar-refractivity contribution in [3.8, 4) is 0 Å². The number of hydrogen-bond acceptors (Lipinski definition) is 5. The average molecular weight is 353 g/mol. The molecule has 1 amide bonds. The van der Waals surface area contributed by atoms with E-state index in [-0.39, 0.29) is 5.69 Å². The van der Waals surface area contributed by atoms with Crippen molar-refractivity contribution in [3.63, 3.8) is 0 Å². The lowest BCUT2D eigenvalue weighted by atomic mass is 10.2. The number of aryl methyl sites for hydroxylation is 1. The first-order valence-electron chi connectivity index (χ1n) is 8.56. The van der Waals surface area contributed by atoms with Crippen molar-refractivity contribution in [1.82, 2.24) is 24.6 Å². The molecule has 0 saturated carbocycles. The average Bonchev–Trinajstić information content (AvgIpc) is 2.93. The number of aromatic amines is 1. The van der Waals surface area contributed by atoms with Crippen molar-refractivity contribution in [3.05, 3.63) is 57.8 Å². The van der Waals surface area contributed by atoms with Crippen LogP contribution in [0.3, 0.4) is 0 Å². The second-order valence-corrected chi connectivity index (χ2v) is 6.47. The first-order chi connectivity index (χ1) is 12.5. The molecule has 0 aliphatic carbocycles. The number of benzene rings is 1. The Balaban J connectivity index is 1.67. The Hall–Kier alpha value is -3.00. The fraction of sp³-hybridized carbons (Fsp3) is 0.333. The highest BCUT2D eigenvalue weighted by Gasteiger charge is 2.25. The SMILES string of the molecule is C[C@@H](O)c1cc2n(n1)CCCN(C(=O)c1nc3ccccc3[nH]c1=O)C2. The summed E-state index contributed by atoms with van der Waals surface area (Å²) in [5.41, 5.74) is 2.00. The maximum absolute atomic E-state index is 12.9. The number of carbonyl (C=O) groups is 1. The molecule has 0 unspecified atom stereocenters.